The smallest absolute Gasteiger partial charge is 0.159 e. The Morgan fingerprint density at radius 3 is 2.67 bits per heavy atom. The van der Waals surface area contributed by atoms with Gasteiger partial charge < -0.3 is 4.74 Å². The summed E-state index contributed by atoms with van der Waals surface area (Å²) in [4.78, 5) is 0. The van der Waals surface area contributed by atoms with Crippen LogP contribution in [0, 0.1) is 0 Å². The first kappa shape index (κ1) is 11.5. The van der Waals surface area contributed by atoms with Crippen LogP contribution in [-0.2, 0) is 0 Å². The number of halogens is 1. The Balaban J connectivity index is 2.12. The quantitative estimate of drug-likeness (QED) is 0.844. The number of benzene rings is 1. The third-order valence-electron chi connectivity index (χ3n) is 3.16. The largest absolute Gasteiger partial charge is 0.496 e. The van der Waals surface area contributed by atoms with Gasteiger partial charge in [-0.25, -0.2) is 0 Å². The molecule has 18 heavy (non-hydrogen) atoms. The predicted molar refractivity (Wildman–Crippen MR) is 71.0 cm³/mol. The molecule has 1 heterocycles. The van der Waals surface area contributed by atoms with Crippen molar-refractivity contribution in [3.05, 3.63) is 41.2 Å². The molecule has 92 valence electrons. The zero-order chi connectivity index (χ0) is 12.5. The monoisotopic (exact) mass is 260 g/mol. The van der Waals surface area contributed by atoms with Crippen LogP contribution in [0.25, 0.3) is 11.1 Å². The maximum atomic E-state index is 6.16. The van der Waals surface area contributed by atoms with Crippen molar-refractivity contribution in [2.75, 3.05) is 7.11 Å². The summed E-state index contributed by atoms with van der Waals surface area (Å²) in [6.07, 6.45) is 2.39. The first-order valence-corrected chi connectivity index (χ1v) is 6.34. The SMILES string of the molecule is COc1ccccc1-c1cc(C2CC2)nnc1Cl. The molecule has 0 spiro atoms. The lowest BCUT2D eigenvalue weighted by atomic mass is 10.1. The summed E-state index contributed by atoms with van der Waals surface area (Å²) < 4.78 is 5.36. The average Bonchev–Trinajstić information content (AvgIpc) is 3.24. The van der Waals surface area contributed by atoms with E-state index < -0.39 is 0 Å². The molecule has 3 nitrogen and oxygen atoms in total. The number of nitrogens with zero attached hydrogens (tertiary/aromatic N) is 2. The molecular formula is C14H13ClN2O. The molecule has 1 aliphatic carbocycles. The van der Waals surface area contributed by atoms with Gasteiger partial charge in [-0.05, 0) is 25.0 Å². The van der Waals surface area contributed by atoms with Crippen molar-refractivity contribution in [1.29, 1.82) is 0 Å². The van der Waals surface area contributed by atoms with Crippen molar-refractivity contribution in [3.8, 4) is 16.9 Å². The topological polar surface area (TPSA) is 35.0 Å². The molecule has 0 saturated heterocycles. The Kier molecular flexibility index (Phi) is 2.92. The highest BCUT2D eigenvalue weighted by molar-refractivity contribution is 6.32. The molecule has 0 N–H and O–H groups in total. The second-order valence-corrected chi connectivity index (χ2v) is 4.81. The number of hydrogen-bond donors (Lipinski definition) is 0. The van der Waals surface area contributed by atoms with Crippen LogP contribution < -0.4 is 4.74 Å². The summed E-state index contributed by atoms with van der Waals surface area (Å²) in [5.41, 5.74) is 2.88. The van der Waals surface area contributed by atoms with Crippen LogP contribution in [0.1, 0.15) is 24.5 Å². The molecule has 0 aliphatic heterocycles. The van der Waals surface area contributed by atoms with Gasteiger partial charge in [-0.1, -0.05) is 29.8 Å². The fraction of sp³-hybridized carbons (Fsp3) is 0.286. The second kappa shape index (κ2) is 4.58. The van der Waals surface area contributed by atoms with Gasteiger partial charge in [0, 0.05) is 17.0 Å². The number of rotatable bonds is 3. The van der Waals surface area contributed by atoms with Gasteiger partial charge in [-0.15, -0.1) is 5.10 Å². The van der Waals surface area contributed by atoms with Crippen molar-refractivity contribution in [1.82, 2.24) is 10.2 Å². The van der Waals surface area contributed by atoms with Gasteiger partial charge in [0.2, 0.25) is 0 Å². The van der Waals surface area contributed by atoms with E-state index in [4.69, 9.17) is 16.3 Å². The Morgan fingerprint density at radius 2 is 1.94 bits per heavy atom. The highest BCUT2D eigenvalue weighted by Crippen LogP contribution is 2.41. The number of methoxy groups -OCH3 is 1. The van der Waals surface area contributed by atoms with Crippen LogP contribution in [0.2, 0.25) is 5.15 Å². The summed E-state index contributed by atoms with van der Waals surface area (Å²) in [5, 5.41) is 8.63. The fourth-order valence-electron chi connectivity index (χ4n) is 2.03. The van der Waals surface area contributed by atoms with Crippen LogP contribution in [-0.4, -0.2) is 17.3 Å². The third kappa shape index (κ3) is 2.06. The molecule has 0 bridgehead atoms. The van der Waals surface area contributed by atoms with Crippen molar-refractivity contribution in [2.45, 2.75) is 18.8 Å². The maximum absolute atomic E-state index is 6.16. The Labute approximate surface area is 111 Å². The average molecular weight is 261 g/mol. The molecule has 0 atom stereocenters. The fourth-order valence-corrected chi connectivity index (χ4v) is 2.22. The van der Waals surface area contributed by atoms with E-state index in [1.807, 2.05) is 30.3 Å². The lowest BCUT2D eigenvalue weighted by Gasteiger charge is -2.10. The Morgan fingerprint density at radius 1 is 1.17 bits per heavy atom. The van der Waals surface area contributed by atoms with Gasteiger partial charge in [0.05, 0.1) is 12.8 Å². The summed E-state index contributed by atoms with van der Waals surface area (Å²) in [7, 11) is 1.66. The van der Waals surface area contributed by atoms with E-state index in [-0.39, 0.29) is 0 Å². The van der Waals surface area contributed by atoms with Crippen LogP contribution in [0.5, 0.6) is 5.75 Å². The van der Waals surface area contributed by atoms with Gasteiger partial charge in [-0.3, -0.25) is 0 Å². The Hall–Kier alpha value is -1.61. The summed E-state index contributed by atoms with van der Waals surface area (Å²) in [5.74, 6) is 1.36. The number of ether oxygens (including phenoxy) is 1. The molecule has 1 aromatic heterocycles. The van der Waals surface area contributed by atoms with Crippen molar-refractivity contribution in [2.24, 2.45) is 0 Å². The van der Waals surface area contributed by atoms with Crippen LogP contribution in [0.3, 0.4) is 0 Å². The van der Waals surface area contributed by atoms with E-state index in [1.165, 1.54) is 12.8 Å². The molecule has 1 fully saturated rings. The molecule has 1 aromatic carbocycles. The molecule has 1 saturated carbocycles. The van der Waals surface area contributed by atoms with Crippen LogP contribution in [0.15, 0.2) is 30.3 Å². The third-order valence-corrected chi connectivity index (χ3v) is 3.44. The zero-order valence-electron chi connectivity index (χ0n) is 10.1. The number of para-hydroxylation sites is 1. The van der Waals surface area contributed by atoms with E-state index in [0.29, 0.717) is 11.1 Å². The molecule has 0 radical (unpaired) electrons. The number of hydrogen-bond acceptors (Lipinski definition) is 3. The highest BCUT2D eigenvalue weighted by atomic mass is 35.5. The molecule has 4 heteroatoms. The Bertz CT molecular complexity index is 582. The van der Waals surface area contributed by atoms with Gasteiger partial charge in [0.15, 0.2) is 5.15 Å². The van der Waals surface area contributed by atoms with Gasteiger partial charge >= 0.3 is 0 Å². The summed E-state index contributed by atoms with van der Waals surface area (Å²) in [6.45, 7) is 0. The van der Waals surface area contributed by atoms with Crippen LogP contribution in [0.4, 0.5) is 0 Å². The molecule has 2 aromatic rings. The van der Waals surface area contributed by atoms with E-state index >= 15 is 0 Å². The van der Waals surface area contributed by atoms with E-state index in [9.17, 15) is 0 Å². The first-order valence-electron chi connectivity index (χ1n) is 5.96. The van der Waals surface area contributed by atoms with Crippen molar-refractivity contribution >= 4 is 11.6 Å². The summed E-state index contributed by atoms with van der Waals surface area (Å²) >= 11 is 6.16. The normalized spacial score (nSPS) is 14.6. The minimum Gasteiger partial charge on any atom is -0.496 e. The van der Waals surface area contributed by atoms with Gasteiger partial charge in [-0.2, -0.15) is 5.10 Å². The van der Waals surface area contributed by atoms with Crippen LogP contribution >= 0.6 is 11.6 Å². The zero-order valence-corrected chi connectivity index (χ0v) is 10.8. The standard InChI is InChI=1S/C14H13ClN2O/c1-18-13-5-3-2-4-10(13)11-8-12(9-6-7-9)16-17-14(11)15/h2-5,8-9H,6-7H2,1H3. The van der Waals surface area contributed by atoms with E-state index in [2.05, 4.69) is 10.2 Å². The molecule has 0 unspecified atom stereocenters. The van der Waals surface area contributed by atoms with E-state index in [0.717, 1.165) is 22.6 Å². The van der Waals surface area contributed by atoms with Gasteiger partial charge in [0.25, 0.3) is 0 Å². The lowest BCUT2D eigenvalue weighted by molar-refractivity contribution is 0.416. The van der Waals surface area contributed by atoms with Crippen molar-refractivity contribution in [3.63, 3.8) is 0 Å². The summed E-state index contributed by atoms with van der Waals surface area (Å²) in [6, 6.07) is 9.84. The number of aromatic nitrogens is 2. The minimum atomic E-state index is 0.420. The minimum absolute atomic E-state index is 0.420. The molecule has 1 aliphatic rings. The first-order chi connectivity index (χ1) is 8.79. The molecule has 0 amide bonds. The van der Waals surface area contributed by atoms with Gasteiger partial charge in [0.1, 0.15) is 5.75 Å². The lowest BCUT2D eigenvalue weighted by Crippen LogP contribution is -1.95. The predicted octanol–water partition coefficient (Wildman–Crippen LogP) is 3.68. The maximum Gasteiger partial charge on any atom is 0.159 e. The second-order valence-electron chi connectivity index (χ2n) is 4.45. The molecular weight excluding hydrogens is 248 g/mol. The highest BCUT2D eigenvalue weighted by Gasteiger charge is 2.26. The van der Waals surface area contributed by atoms with Crippen molar-refractivity contribution < 1.29 is 4.74 Å². The molecule has 3 rings (SSSR count). The van der Waals surface area contributed by atoms with E-state index in [1.54, 1.807) is 7.11 Å².